The summed E-state index contributed by atoms with van der Waals surface area (Å²) in [5.74, 6) is 0.423. The van der Waals surface area contributed by atoms with Crippen LogP contribution in [-0.4, -0.2) is 30.5 Å². The first-order chi connectivity index (χ1) is 14.1. The van der Waals surface area contributed by atoms with Crippen molar-refractivity contribution in [1.82, 2.24) is 4.98 Å². The van der Waals surface area contributed by atoms with Gasteiger partial charge in [-0.1, -0.05) is 22.0 Å². The van der Waals surface area contributed by atoms with Crippen molar-refractivity contribution in [2.24, 2.45) is 11.7 Å². The lowest BCUT2D eigenvalue weighted by atomic mass is 9.94. The molecule has 1 aliphatic rings. The SMILES string of the molecule is NCCC1CCCN(c2cc(Br)ccc2NC(=O)c2csc(-c3cccs3)n2)C1. The lowest BCUT2D eigenvalue weighted by Crippen LogP contribution is -2.36. The second-order valence-electron chi connectivity index (χ2n) is 7.16. The van der Waals surface area contributed by atoms with Crippen molar-refractivity contribution in [1.29, 1.82) is 0 Å². The van der Waals surface area contributed by atoms with Gasteiger partial charge in [-0.25, -0.2) is 4.98 Å². The Morgan fingerprint density at radius 1 is 1.34 bits per heavy atom. The van der Waals surface area contributed by atoms with Gasteiger partial charge in [0.25, 0.3) is 5.91 Å². The van der Waals surface area contributed by atoms with Crippen LogP contribution in [-0.2, 0) is 0 Å². The van der Waals surface area contributed by atoms with Crippen molar-refractivity contribution in [3.05, 3.63) is 51.3 Å². The van der Waals surface area contributed by atoms with Crippen molar-refractivity contribution in [2.75, 3.05) is 29.9 Å². The molecule has 1 unspecified atom stereocenters. The standard InChI is InChI=1S/C21H23BrN4OS2/c22-15-5-6-16(18(11-15)26-9-1-3-14(12-26)7-8-23)24-20(27)17-13-29-21(25-17)19-4-2-10-28-19/h2,4-6,10-11,13-14H,1,3,7-9,12,23H2,(H,24,27). The Balaban J connectivity index is 1.53. The molecule has 29 heavy (non-hydrogen) atoms. The monoisotopic (exact) mass is 490 g/mol. The van der Waals surface area contributed by atoms with E-state index in [2.05, 4.69) is 37.2 Å². The third-order valence-electron chi connectivity index (χ3n) is 5.11. The maximum absolute atomic E-state index is 12.9. The first-order valence-corrected chi connectivity index (χ1v) is 12.2. The summed E-state index contributed by atoms with van der Waals surface area (Å²) in [7, 11) is 0. The number of amides is 1. The van der Waals surface area contributed by atoms with Gasteiger partial charge < -0.3 is 16.0 Å². The molecule has 0 saturated carbocycles. The van der Waals surface area contributed by atoms with Crippen LogP contribution >= 0.6 is 38.6 Å². The van der Waals surface area contributed by atoms with E-state index >= 15 is 0 Å². The van der Waals surface area contributed by atoms with E-state index < -0.39 is 0 Å². The van der Waals surface area contributed by atoms with Gasteiger partial charge in [-0.05, 0) is 61.4 Å². The smallest absolute Gasteiger partial charge is 0.275 e. The predicted octanol–water partition coefficient (Wildman–Crippen LogP) is 5.45. The lowest BCUT2D eigenvalue weighted by molar-refractivity contribution is 0.102. The molecular weight excluding hydrogens is 468 g/mol. The van der Waals surface area contributed by atoms with E-state index in [1.54, 1.807) is 11.3 Å². The molecule has 8 heteroatoms. The van der Waals surface area contributed by atoms with Gasteiger partial charge in [-0.3, -0.25) is 4.79 Å². The molecule has 3 heterocycles. The number of nitrogens with two attached hydrogens (primary N) is 1. The number of hydrogen-bond donors (Lipinski definition) is 2. The number of thiophene rings is 1. The van der Waals surface area contributed by atoms with Crippen molar-refractivity contribution < 1.29 is 4.79 Å². The second kappa shape index (κ2) is 9.38. The van der Waals surface area contributed by atoms with E-state index in [0.29, 0.717) is 11.6 Å². The fourth-order valence-corrected chi connectivity index (χ4v) is 5.67. The second-order valence-corrected chi connectivity index (χ2v) is 9.88. The summed E-state index contributed by atoms with van der Waals surface area (Å²) in [4.78, 5) is 20.8. The Labute approximate surface area is 187 Å². The molecule has 0 spiro atoms. The fraction of sp³-hybridized carbons (Fsp3) is 0.333. The molecule has 1 saturated heterocycles. The lowest BCUT2D eigenvalue weighted by Gasteiger charge is -2.35. The molecule has 0 radical (unpaired) electrons. The molecule has 0 bridgehead atoms. The molecular formula is C21H23BrN4OS2. The van der Waals surface area contributed by atoms with Crippen LogP contribution in [0.3, 0.4) is 0 Å². The van der Waals surface area contributed by atoms with Crippen LogP contribution in [0.25, 0.3) is 9.88 Å². The first kappa shape index (κ1) is 20.5. The Morgan fingerprint density at radius 3 is 3.03 bits per heavy atom. The van der Waals surface area contributed by atoms with E-state index in [1.807, 2.05) is 35.0 Å². The Morgan fingerprint density at radius 2 is 2.24 bits per heavy atom. The quantitative estimate of drug-likeness (QED) is 0.481. The number of benzene rings is 1. The van der Waals surface area contributed by atoms with Crippen LogP contribution in [0.5, 0.6) is 0 Å². The number of carbonyl (C=O) groups is 1. The molecule has 1 aliphatic heterocycles. The summed E-state index contributed by atoms with van der Waals surface area (Å²) < 4.78 is 1.00. The predicted molar refractivity (Wildman–Crippen MR) is 126 cm³/mol. The van der Waals surface area contributed by atoms with Gasteiger partial charge >= 0.3 is 0 Å². The van der Waals surface area contributed by atoms with Crippen molar-refractivity contribution in [3.63, 3.8) is 0 Å². The topological polar surface area (TPSA) is 71.2 Å². The number of halogens is 1. The number of anilines is 2. The summed E-state index contributed by atoms with van der Waals surface area (Å²) >= 11 is 6.70. The number of piperidine rings is 1. The number of rotatable bonds is 6. The highest BCUT2D eigenvalue weighted by Gasteiger charge is 2.23. The normalized spacial score (nSPS) is 16.8. The third-order valence-corrected chi connectivity index (χ3v) is 7.49. The van der Waals surface area contributed by atoms with Gasteiger partial charge in [-0.15, -0.1) is 22.7 Å². The van der Waals surface area contributed by atoms with Crippen molar-refractivity contribution >= 4 is 55.9 Å². The molecule has 1 aromatic carbocycles. The summed E-state index contributed by atoms with van der Waals surface area (Å²) in [6.45, 7) is 2.67. The highest BCUT2D eigenvalue weighted by Crippen LogP contribution is 2.34. The van der Waals surface area contributed by atoms with E-state index in [-0.39, 0.29) is 5.91 Å². The minimum atomic E-state index is -0.178. The Hall–Kier alpha value is -1.74. The summed E-state index contributed by atoms with van der Waals surface area (Å²) in [5, 5.41) is 7.79. The average molecular weight is 491 g/mol. The number of aromatic nitrogens is 1. The molecule has 5 nitrogen and oxygen atoms in total. The molecule has 0 aliphatic carbocycles. The van der Waals surface area contributed by atoms with E-state index in [4.69, 9.17) is 5.73 Å². The Bertz CT molecular complexity index is 971. The van der Waals surface area contributed by atoms with E-state index in [1.165, 1.54) is 17.8 Å². The van der Waals surface area contributed by atoms with Gasteiger partial charge in [0.1, 0.15) is 10.7 Å². The highest BCUT2D eigenvalue weighted by molar-refractivity contribution is 9.10. The van der Waals surface area contributed by atoms with Crippen LogP contribution in [0.1, 0.15) is 29.8 Å². The summed E-state index contributed by atoms with van der Waals surface area (Å²) in [6, 6.07) is 10.0. The van der Waals surface area contributed by atoms with Gasteiger partial charge in [-0.2, -0.15) is 0 Å². The Kier molecular flexibility index (Phi) is 6.64. The maximum atomic E-state index is 12.9. The largest absolute Gasteiger partial charge is 0.370 e. The van der Waals surface area contributed by atoms with E-state index in [9.17, 15) is 4.79 Å². The number of nitrogens with one attached hydrogen (secondary N) is 1. The molecule has 152 valence electrons. The zero-order valence-corrected chi connectivity index (χ0v) is 19.2. The molecule has 3 N–H and O–H groups in total. The van der Waals surface area contributed by atoms with Gasteiger partial charge in [0.05, 0.1) is 16.3 Å². The van der Waals surface area contributed by atoms with Crippen LogP contribution < -0.4 is 16.0 Å². The number of nitrogens with zero attached hydrogens (tertiary/aromatic N) is 2. The van der Waals surface area contributed by atoms with Crippen LogP contribution in [0.15, 0.2) is 45.6 Å². The average Bonchev–Trinajstić information content (AvgIpc) is 3.41. The van der Waals surface area contributed by atoms with Gasteiger partial charge in [0, 0.05) is 22.9 Å². The summed E-state index contributed by atoms with van der Waals surface area (Å²) in [5.41, 5.74) is 8.09. The maximum Gasteiger partial charge on any atom is 0.275 e. The van der Waals surface area contributed by atoms with Crippen LogP contribution in [0, 0.1) is 5.92 Å². The minimum absolute atomic E-state index is 0.178. The van der Waals surface area contributed by atoms with Gasteiger partial charge in [0.15, 0.2) is 0 Å². The summed E-state index contributed by atoms with van der Waals surface area (Å²) in [6.07, 6.45) is 3.39. The third kappa shape index (κ3) is 4.88. The number of carbonyl (C=O) groups excluding carboxylic acids is 1. The van der Waals surface area contributed by atoms with Crippen molar-refractivity contribution in [3.8, 4) is 9.88 Å². The zero-order chi connectivity index (χ0) is 20.2. The number of thiazole rings is 1. The molecule has 1 fully saturated rings. The first-order valence-electron chi connectivity index (χ1n) is 9.69. The molecule has 1 amide bonds. The molecule has 4 rings (SSSR count). The minimum Gasteiger partial charge on any atom is -0.370 e. The molecule has 2 aromatic heterocycles. The van der Waals surface area contributed by atoms with Crippen LogP contribution in [0.2, 0.25) is 0 Å². The zero-order valence-electron chi connectivity index (χ0n) is 15.9. The number of hydrogen-bond acceptors (Lipinski definition) is 6. The van der Waals surface area contributed by atoms with Crippen LogP contribution in [0.4, 0.5) is 11.4 Å². The van der Waals surface area contributed by atoms with Gasteiger partial charge in [0.2, 0.25) is 0 Å². The fourth-order valence-electron chi connectivity index (χ4n) is 3.71. The highest BCUT2D eigenvalue weighted by atomic mass is 79.9. The molecule has 1 atom stereocenters. The van der Waals surface area contributed by atoms with Crippen molar-refractivity contribution in [2.45, 2.75) is 19.3 Å². The van der Waals surface area contributed by atoms with E-state index in [0.717, 1.165) is 58.2 Å². The molecule has 3 aromatic rings.